The van der Waals surface area contributed by atoms with Gasteiger partial charge < -0.3 is 5.84 Å². The number of thioether (sulfide) groups is 1. The average Bonchev–Trinajstić information content (AvgIpc) is 1.59. The standard InChI is InChI=1S/C7H14N2S/c1-6(2)5(9-8)7(3,4)10-6/h8H2,1-4H3. The van der Waals surface area contributed by atoms with Gasteiger partial charge in [0.15, 0.2) is 0 Å². The van der Waals surface area contributed by atoms with Gasteiger partial charge in [-0.25, -0.2) is 0 Å². The Morgan fingerprint density at radius 1 is 1.20 bits per heavy atom. The Kier molecular flexibility index (Phi) is 1.51. The average molecular weight is 158 g/mol. The van der Waals surface area contributed by atoms with Crippen molar-refractivity contribution in [3.8, 4) is 0 Å². The first-order valence-corrected chi connectivity index (χ1v) is 4.21. The van der Waals surface area contributed by atoms with Gasteiger partial charge in [0.05, 0.1) is 15.2 Å². The van der Waals surface area contributed by atoms with Gasteiger partial charge in [-0.1, -0.05) is 0 Å². The zero-order chi connectivity index (χ0) is 7.99. The molecule has 0 radical (unpaired) electrons. The van der Waals surface area contributed by atoms with Crippen LogP contribution in [0.2, 0.25) is 0 Å². The van der Waals surface area contributed by atoms with Crippen LogP contribution in [0.5, 0.6) is 0 Å². The molecule has 1 rings (SSSR count). The highest BCUT2D eigenvalue weighted by atomic mass is 32.2. The molecule has 0 aromatic heterocycles. The lowest BCUT2D eigenvalue weighted by Crippen LogP contribution is -2.55. The molecule has 0 amide bonds. The van der Waals surface area contributed by atoms with Crippen molar-refractivity contribution in [1.29, 1.82) is 0 Å². The third kappa shape index (κ3) is 0.926. The number of nitrogens with two attached hydrogens (primary N) is 1. The van der Waals surface area contributed by atoms with E-state index in [0.29, 0.717) is 0 Å². The zero-order valence-electron chi connectivity index (χ0n) is 6.93. The summed E-state index contributed by atoms with van der Waals surface area (Å²) in [5.41, 5.74) is 1.12. The number of hydrogen-bond donors (Lipinski definition) is 1. The second-order valence-corrected chi connectivity index (χ2v) is 5.85. The SMILES string of the molecule is CC1(C)SC(C)(C)C1=NN. The minimum absolute atomic E-state index is 0.165. The fraction of sp³-hybridized carbons (Fsp3) is 0.857. The van der Waals surface area contributed by atoms with Gasteiger partial charge in [-0.3, -0.25) is 0 Å². The highest BCUT2D eigenvalue weighted by molar-refractivity contribution is 8.06. The van der Waals surface area contributed by atoms with Gasteiger partial charge in [0.2, 0.25) is 0 Å². The van der Waals surface area contributed by atoms with E-state index >= 15 is 0 Å². The van der Waals surface area contributed by atoms with E-state index in [1.165, 1.54) is 0 Å². The summed E-state index contributed by atoms with van der Waals surface area (Å²) in [6, 6.07) is 0. The summed E-state index contributed by atoms with van der Waals surface area (Å²) >= 11 is 1.91. The minimum atomic E-state index is 0.165. The van der Waals surface area contributed by atoms with E-state index < -0.39 is 0 Å². The Morgan fingerprint density at radius 2 is 1.60 bits per heavy atom. The highest BCUT2D eigenvalue weighted by Gasteiger charge is 2.50. The monoisotopic (exact) mass is 158 g/mol. The Hall–Kier alpha value is -0.180. The molecule has 0 saturated carbocycles. The molecule has 0 aliphatic carbocycles. The molecular weight excluding hydrogens is 144 g/mol. The fourth-order valence-electron chi connectivity index (χ4n) is 1.72. The fourth-order valence-corrected chi connectivity index (χ4v) is 3.66. The molecule has 0 spiro atoms. The largest absolute Gasteiger partial charge is 0.323 e. The first-order valence-electron chi connectivity index (χ1n) is 3.39. The summed E-state index contributed by atoms with van der Waals surface area (Å²) in [7, 11) is 0. The van der Waals surface area contributed by atoms with Crippen LogP contribution in [0, 0.1) is 0 Å². The molecule has 1 aliphatic heterocycles. The molecule has 1 saturated heterocycles. The first kappa shape index (κ1) is 7.92. The maximum atomic E-state index is 5.26. The number of hydrogen-bond acceptors (Lipinski definition) is 3. The van der Waals surface area contributed by atoms with Crippen LogP contribution in [-0.4, -0.2) is 15.2 Å². The van der Waals surface area contributed by atoms with Gasteiger partial charge in [0, 0.05) is 0 Å². The molecule has 3 heteroatoms. The smallest absolute Gasteiger partial charge is 0.0686 e. The number of nitrogens with zero attached hydrogens (tertiary/aromatic N) is 1. The van der Waals surface area contributed by atoms with E-state index in [4.69, 9.17) is 5.84 Å². The Bertz CT molecular complexity index is 166. The van der Waals surface area contributed by atoms with Gasteiger partial charge in [-0.15, -0.1) is 11.8 Å². The van der Waals surface area contributed by atoms with Crippen LogP contribution in [0.1, 0.15) is 27.7 Å². The second kappa shape index (κ2) is 1.91. The predicted molar refractivity (Wildman–Crippen MR) is 47.4 cm³/mol. The van der Waals surface area contributed by atoms with Crippen LogP contribution in [0.15, 0.2) is 5.10 Å². The first-order chi connectivity index (χ1) is 4.40. The van der Waals surface area contributed by atoms with Crippen LogP contribution in [0.25, 0.3) is 0 Å². The summed E-state index contributed by atoms with van der Waals surface area (Å²) in [6.45, 7) is 8.59. The lowest BCUT2D eigenvalue weighted by atomic mass is 9.93. The molecule has 2 N–H and O–H groups in total. The van der Waals surface area contributed by atoms with Crippen molar-refractivity contribution in [3.05, 3.63) is 0 Å². The third-order valence-electron chi connectivity index (χ3n) is 1.78. The third-order valence-corrected chi connectivity index (χ3v) is 3.19. The summed E-state index contributed by atoms with van der Waals surface area (Å²) in [5, 5.41) is 3.80. The van der Waals surface area contributed by atoms with Crippen LogP contribution >= 0.6 is 11.8 Å². The number of rotatable bonds is 0. The van der Waals surface area contributed by atoms with Crippen molar-refractivity contribution in [1.82, 2.24) is 0 Å². The van der Waals surface area contributed by atoms with Gasteiger partial charge in [-0.2, -0.15) is 5.10 Å². The van der Waals surface area contributed by atoms with E-state index in [-0.39, 0.29) is 9.49 Å². The molecule has 0 unspecified atom stereocenters. The topological polar surface area (TPSA) is 38.4 Å². The maximum absolute atomic E-state index is 5.26. The summed E-state index contributed by atoms with van der Waals surface area (Å²) in [6.07, 6.45) is 0. The van der Waals surface area contributed by atoms with E-state index in [0.717, 1.165) is 5.71 Å². The molecule has 58 valence electrons. The lowest BCUT2D eigenvalue weighted by molar-refractivity contribution is 0.760. The van der Waals surface area contributed by atoms with Crippen molar-refractivity contribution in [2.45, 2.75) is 37.2 Å². The van der Waals surface area contributed by atoms with Crippen molar-refractivity contribution in [2.24, 2.45) is 10.9 Å². The molecule has 0 aromatic rings. The van der Waals surface area contributed by atoms with Crippen LogP contribution in [0.4, 0.5) is 0 Å². The van der Waals surface area contributed by atoms with E-state index in [1.807, 2.05) is 11.8 Å². The molecule has 2 nitrogen and oxygen atoms in total. The van der Waals surface area contributed by atoms with Crippen LogP contribution < -0.4 is 5.84 Å². The quantitative estimate of drug-likeness (QED) is 0.429. The van der Waals surface area contributed by atoms with Gasteiger partial charge in [0.25, 0.3) is 0 Å². The Morgan fingerprint density at radius 3 is 1.70 bits per heavy atom. The second-order valence-electron chi connectivity index (χ2n) is 3.60. The Labute approximate surface area is 66.3 Å². The summed E-state index contributed by atoms with van der Waals surface area (Å²) < 4.78 is 0.330. The molecule has 10 heavy (non-hydrogen) atoms. The Balaban J connectivity index is 2.84. The van der Waals surface area contributed by atoms with Crippen molar-refractivity contribution in [2.75, 3.05) is 0 Å². The zero-order valence-corrected chi connectivity index (χ0v) is 7.75. The van der Waals surface area contributed by atoms with Gasteiger partial charge >= 0.3 is 0 Å². The minimum Gasteiger partial charge on any atom is -0.323 e. The van der Waals surface area contributed by atoms with Crippen molar-refractivity contribution < 1.29 is 0 Å². The number of hydrazone groups is 1. The highest BCUT2D eigenvalue weighted by Crippen LogP contribution is 2.51. The molecule has 0 aromatic carbocycles. The van der Waals surface area contributed by atoms with E-state index in [1.54, 1.807) is 0 Å². The lowest BCUT2D eigenvalue weighted by Gasteiger charge is -2.49. The predicted octanol–water partition coefficient (Wildman–Crippen LogP) is 1.61. The molecule has 1 aliphatic rings. The van der Waals surface area contributed by atoms with Crippen LogP contribution in [0.3, 0.4) is 0 Å². The van der Waals surface area contributed by atoms with Gasteiger partial charge in [-0.05, 0) is 27.7 Å². The summed E-state index contributed by atoms with van der Waals surface area (Å²) in [5.74, 6) is 5.26. The molecule has 1 heterocycles. The van der Waals surface area contributed by atoms with Crippen LogP contribution in [-0.2, 0) is 0 Å². The van der Waals surface area contributed by atoms with Crippen molar-refractivity contribution >= 4 is 17.5 Å². The van der Waals surface area contributed by atoms with Gasteiger partial charge in [0.1, 0.15) is 0 Å². The molecule has 0 atom stereocenters. The molecular formula is C7H14N2S. The molecule has 1 fully saturated rings. The normalized spacial score (nSPS) is 27.4. The van der Waals surface area contributed by atoms with Crippen molar-refractivity contribution in [3.63, 3.8) is 0 Å². The maximum Gasteiger partial charge on any atom is 0.0686 e. The summed E-state index contributed by atoms with van der Waals surface area (Å²) in [4.78, 5) is 0. The molecule has 0 bridgehead atoms. The van der Waals surface area contributed by atoms with E-state index in [2.05, 4.69) is 32.8 Å². The van der Waals surface area contributed by atoms with E-state index in [9.17, 15) is 0 Å².